The highest BCUT2D eigenvalue weighted by Gasteiger charge is 2.20. The molecule has 1 atom stereocenters. The van der Waals surface area contributed by atoms with E-state index in [2.05, 4.69) is 6.08 Å². The lowest BCUT2D eigenvalue weighted by Gasteiger charge is -2.22. The van der Waals surface area contributed by atoms with Crippen molar-refractivity contribution in [2.24, 2.45) is 0 Å². The van der Waals surface area contributed by atoms with Crippen molar-refractivity contribution in [3.8, 4) is 0 Å². The van der Waals surface area contributed by atoms with Gasteiger partial charge in [-0.3, -0.25) is 0 Å². The monoisotopic (exact) mass is 142 g/mol. The summed E-state index contributed by atoms with van der Waals surface area (Å²) in [7, 11) is 0. The smallest absolute Gasteiger partial charge is 0.106 e. The largest absolute Gasteiger partial charge is 0.393 e. The molecule has 2 heteroatoms. The second kappa shape index (κ2) is 3.17. The van der Waals surface area contributed by atoms with E-state index >= 15 is 0 Å². The van der Waals surface area contributed by atoms with Crippen LogP contribution in [0.5, 0.6) is 0 Å². The van der Waals surface area contributed by atoms with Gasteiger partial charge in [0.05, 0.1) is 6.61 Å². The van der Waals surface area contributed by atoms with Crippen molar-refractivity contribution in [1.82, 2.24) is 0 Å². The summed E-state index contributed by atoms with van der Waals surface area (Å²) in [5, 5.41) is 8.90. The number of hydrogen-bond acceptors (Lipinski definition) is 2. The fraction of sp³-hybridized carbons (Fsp3) is 0.750. The fourth-order valence-corrected chi connectivity index (χ4v) is 0.986. The van der Waals surface area contributed by atoms with E-state index in [1.807, 2.05) is 13.0 Å². The highest BCUT2D eigenvalue weighted by molar-refractivity contribution is 5.00. The second-order valence-corrected chi connectivity index (χ2v) is 2.86. The predicted octanol–water partition coefficient (Wildman–Crippen LogP) is 1.10. The molecule has 0 aromatic carbocycles. The number of ether oxygens (including phenoxy) is 1. The van der Waals surface area contributed by atoms with Crippen molar-refractivity contribution in [2.75, 3.05) is 13.2 Å². The Balaban J connectivity index is 2.55. The van der Waals surface area contributed by atoms with E-state index in [-0.39, 0.29) is 6.61 Å². The van der Waals surface area contributed by atoms with E-state index in [0.29, 0.717) is 0 Å². The van der Waals surface area contributed by atoms with Crippen LogP contribution in [0.15, 0.2) is 12.2 Å². The van der Waals surface area contributed by atoms with Crippen LogP contribution in [-0.2, 0) is 4.74 Å². The Bertz CT molecular complexity index is 131. The molecule has 0 fully saturated rings. The van der Waals surface area contributed by atoms with Crippen molar-refractivity contribution in [1.29, 1.82) is 0 Å². The van der Waals surface area contributed by atoms with E-state index < -0.39 is 5.60 Å². The number of aliphatic hydroxyl groups is 1. The molecule has 0 spiro atoms. The summed E-state index contributed by atoms with van der Waals surface area (Å²) in [6.07, 6.45) is 6.14. The highest BCUT2D eigenvalue weighted by Crippen LogP contribution is 2.16. The number of aliphatic hydroxyl groups excluding tert-OH is 1. The van der Waals surface area contributed by atoms with Gasteiger partial charge >= 0.3 is 0 Å². The Labute approximate surface area is 61.5 Å². The number of allylic oxidation sites excluding steroid dienone is 1. The molecule has 0 aromatic rings. The molecule has 0 unspecified atom stereocenters. The van der Waals surface area contributed by atoms with Gasteiger partial charge in [0, 0.05) is 6.61 Å². The molecule has 1 aliphatic rings. The van der Waals surface area contributed by atoms with E-state index in [4.69, 9.17) is 9.84 Å². The Hall–Kier alpha value is -0.340. The van der Waals surface area contributed by atoms with Crippen LogP contribution in [0.1, 0.15) is 19.8 Å². The molecule has 10 heavy (non-hydrogen) atoms. The SMILES string of the molecule is C[C@@]1(CO)C=CCCCO1. The molecule has 0 saturated heterocycles. The Morgan fingerprint density at radius 2 is 2.50 bits per heavy atom. The van der Waals surface area contributed by atoms with Crippen LogP contribution in [0.4, 0.5) is 0 Å². The number of hydrogen-bond donors (Lipinski definition) is 1. The summed E-state index contributed by atoms with van der Waals surface area (Å²) >= 11 is 0. The lowest BCUT2D eigenvalue weighted by molar-refractivity contribution is -0.0297. The lowest BCUT2D eigenvalue weighted by atomic mass is 10.1. The van der Waals surface area contributed by atoms with Crippen molar-refractivity contribution in [3.63, 3.8) is 0 Å². The van der Waals surface area contributed by atoms with Crippen LogP contribution in [0.25, 0.3) is 0 Å². The molecule has 1 heterocycles. The van der Waals surface area contributed by atoms with Crippen LogP contribution >= 0.6 is 0 Å². The highest BCUT2D eigenvalue weighted by atomic mass is 16.5. The topological polar surface area (TPSA) is 29.5 Å². The maximum absolute atomic E-state index is 8.90. The first-order valence-electron chi connectivity index (χ1n) is 3.69. The average Bonchev–Trinajstić information content (AvgIpc) is 2.15. The van der Waals surface area contributed by atoms with Gasteiger partial charge in [-0.2, -0.15) is 0 Å². The van der Waals surface area contributed by atoms with Gasteiger partial charge in [0.15, 0.2) is 0 Å². The molecular formula is C8H14O2. The number of rotatable bonds is 1. The van der Waals surface area contributed by atoms with Gasteiger partial charge < -0.3 is 9.84 Å². The Kier molecular flexibility index (Phi) is 2.46. The lowest BCUT2D eigenvalue weighted by Crippen LogP contribution is -2.30. The van der Waals surface area contributed by atoms with Gasteiger partial charge in [-0.1, -0.05) is 12.2 Å². The van der Waals surface area contributed by atoms with Crippen molar-refractivity contribution >= 4 is 0 Å². The fourth-order valence-electron chi connectivity index (χ4n) is 0.986. The molecule has 0 saturated carbocycles. The molecule has 1 rings (SSSR count). The summed E-state index contributed by atoms with van der Waals surface area (Å²) < 4.78 is 5.40. The molecule has 0 bridgehead atoms. The van der Waals surface area contributed by atoms with Gasteiger partial charge in [0.2, 0.25) is 0 Å². The van der Waals surface area contributed by atoms with Crippen LogP contribution < -0.4 is 0 Å². The normalized spacial score (nSPS) is 33.8. The van der Waals surface area contributed by atoms with Gasteiger partial charge in [0.25, 0.3) is 0 Å². The minimum absolute atomic E-state index is 0.0729. The molecule has 58 valence electrons. The van der Waals surface area contributed by atoms with Gasteiger partial charge in [0.1, 0.15) is 5.60 Å². The van der Waals surface area contributed by atoms with Gasteiger partial charge in [-0.25, -0.2) is 0 Å². The van der Waals surface area contributed by atoms with Crippen LogP contribution in [0, 0.1) is 0 Å². The summed E-state index contributed by atoms with van der Waals surface area (Å²) in [4.78, 5) is 0. The zero-order chi connectivity index (χ0) is 7.45. The molecule has 0 amide bonds. The average molecular weight is 142 g/mol. The van der Waals surface area contributed by atoms with Crippen molar-refractivity contribution in [3.05, 3.63) is 12.2 Å². The zero-order valence-corrected chi connectivity index (χ0v) is 6.34. The molecule has 0 aliphatic carbocycles. The first-order valence-corrected chi connectivity index (χ1v) is 3.69. The van der Waals surface area contributed by atoms with Crippen LogP contribution in [0.2, 0.25) is 0 Å². The predicted molar refractivity (Wildman–Crippen MR) is 39.8 cm³/mol. The Morgan fingerprint density at radius 1 is 1.70 bits per heavy atom. The van der Waals surface area contributed by atoms with Crippen molar-refractivity contribution < 1.29 is 9.84 Å². The minimum atomic E-state index is -0.420. The third kappa shape index (κ3) is 1.82. The molecule has 0 aromatic heterocycles. The third-order valence-electron chi connectivity index (χ3n) is 1.73. The van der Waals surface area contributed by atoms with E-state index in [1.165, 1.54) is 0 Å². The maximum Gasteiger partial charge on any atom is 0.106 e. The standard InChI is InChI=1S/C8H14O2/c1-8(7-9)5-3-2-4-6-10-8/h3,5,9H,2,4,6-7H2,1H3/t8-/m0/s1. The minimum Gasteiger partial charge on any atom is -0.393 e. The van der Waals surface area contributed by atoms with E-state index in [9.17, 15) is 0 Å². The molecular weight excluding hydrogens is 128 g/mol. The van der Waals surface area contributed by atoms with Crippen LogP contribution in [0.3, 0.4) is 0 Å². The first-order chi connectivity index (χ1) is 4.77. The van der Waals surface area contributed by atoms with Gasteiger partial charge in [-0.05, 0) is 19.8 Å². The Morgan fingerprint density at radius 3 is 3.20 bits per heavy atom. The molecule has 1 aliphatic heterocycles. The van der Waals surface area contributed by atoms with Gasteiger partial charge in [-0.15, -0.1) is 0 Å². The molecule has 2 nitrogen and oxygen atoms in total. The molecule has 1 N–H and O–H groups in total. The maximum atomic E-state index is 8.90. The summed E-state index contributed by atoms with van der Waals surface area (Å²) in [6.45, 7) is 2.72. The van der Waals surface area contributed by atoms with Crippen molar-refractivity contribution in [2.45, 2.75) is 25.4 Å². The van der Waals surface area contributed by atoms with Crippen LogP contribution in [-0.4, -0.2) is 23.9 Å². The zero-order valence-electron chi connectivity index (χ0n) is 6.34. The van der Waals surface area contributed by atoms with E-state index in [1.54, 1.807) is 0 Å². The summed E-state index contributed by atoms with van der Waals surface area (Å²) in [5.74, 6) is 0. The second-order valence-electron chi connectivity index (χ2n) is 2.86. The third-order valence-corrected chi connectivity index (χ3v) is 1.73. The summed E-state index contributed by atoms with van der Waals surface area (Å²) in [6, 6.07) is 0. The summed E-state index contributed by atoms with van der Waals surface area (Å²) in [5.41, 5.74) is -0.420. The first kappa shape index (κ1) is 7.76. The molecule has 0 radical (unpaired) electrons. The van der Waals surface area contributed by atoms with E-state index in [0.717, 1.165) is 19.4 Å². The quantitative estimate of drug-likeness (QED) is 0.555.